The lowest BCUT2D eigenvalue weighted by Crippen LogP contribution is -2.13. The summed E-state index contributed by atoms with van der Waals surface area (Å²) >= 11 is 0. The van der Waals surface area contributed by atoms with Crippen molar-refractivity contribution < 1.29 is 14.3 Å². The molecule has 0 fully saturated rings. The van der Waals surface area contributed by atoms with Gasteiger partial charge in [-0.25, -0.2) is 0 Å². The minimum atomic E-state index is -0.148. The van der Waals surface area contributed by atoms with Crippen molar-refractivity contribution in [2.75, 3.05) is 13.2 Å². The number of ether oxygens (including phenoxy) is 1. The van der Waals surface area contributed by atoms with Gasteiger partial charge in [-0.1, -0.05) is 13.8 Å². The Labute approximate surface area is 85.0 Å². The number of carbonyl (C=O) groups excluding carboxylic acids is 2. The van der Waals surface area contributed by atoms with Gasteiger partial charge in [0.05, 0.1) is 6.61 Å². The van der Waals surface area contributed by atoms with E-state index in [-0.39, 0.29) is 5.97 Å². The van der Waals surface area contributed by atoms with E-state index in [1.54, 1.807) is 0 Å². The molecule has 0 aliphatic heterocycles. The first-order valence-corrected chi connectivity index (χ1v) is 4.99. The molecule has 0 atom stereocenters. The van der Waals surface area contributed by atoms with Crippen LogP contribution in [0.3, 0.4) is 0 Å². The second-order valence-electron chi connectivity index (χ2n) is 3.61. The number of amides is 1. The highest BCUT2D eigenvalue weighted by Gasteiger charge is 2.03. The Morgan fingerprint density at radius 2 is 2.14 bits per heavy atom. The van der Waals surface area contributed by atoms with Crippen molar-refractivity contribution in [3.8, 4) is 0 Å². The van der Waals surface area contributed by atoms with Crippen LogP contribution in [0.2, 0.25) is 0 Å². The molecule has 0 radical (unpaired) electrons. The lowest BCUT2D eigenvalue weighted by Gasteiger charge is -2.06. The van der Waals surface area contributed by atoms with E-state index < -0.39 is 0 Å². The molecule has 0 bridgehead atoms. The topological polar surface area (TPSA) is 55.4 Å². The van der Waals surface area contributed by atoms with Crippen LogP contribution in [0.5, 0.6) is 0 Å². The number of unbranched alkanes of at least 4 members (excludes halogenated alkanes) is 1. The van der Waals surface area contributed by atoms with Crippen molar-refractivity contribution in [1.82, 2.24) is 5.32 Å². The van der Waals surface area contributed by atoms with Gasteiger partial charge in [-0.05, 0) is 18.8 Å². The molecule has 4 heteroatoms. The Hall–Kier alpha value is -1.06. The maximum Gasteiger partial charge on any atom is 0.305 e. The van der Waals surface area contributed by atoms with Crippen molar-refractivity contribution in [2.24, 2.45) is 5.92 Å². The maximum absolute atomic E-state index is 11.1. The Balaban J connectivity index is 3.22. The van der Waals surface area contributed by atoms with E-state index in [1.807, 2.05) is 13.8 Å². The number of nitrogens with one attached hydrogen (secondary N) is 1. The fraction of sp³-hybridized carbons (Fsp3) is 0.800. The molecule has 0 heterocycles. The molecule has 82 valence electrons. The zero-order valence-electron chi connectivity index (χ0n) is 8.91. The van der Waals surface area contributed by atoms with E-state index in [9.17, 15) is 9.59 Å². The summed E-state index contributed by atoms with van der Waals surface area (Å²) in [5.74, 6) is 0.237. The second kappa shape index (κ2) is 8.53. The number of hydrogen-bond acceptors (Lipinski definition) is 3. The van der Waals surface area contributed by atoms with Crippen molar-refractivity contribution in [2.45, 2.75) is 33.1 Å². The normalized spacial score (nSPS) is 9.93. The monoisotopic (exact) mass is 201 g/mol. The number of carbonyl (C=O) groups is 2. The highest BCUT2D eigenvalue weighted by atomic mass is 16.5. The van der Waals surface area contributed by atoms with Gasteiger partial charge in [0.25, 0.3) is 0 Å². The summed E-state index contributed by atoms with van der Waals surface area (Å²) < 4.78 is 4.98. The molecular formula is C10H19NO3. The zero-order valence-corrected chi connectivity index (χ0v) is 8.91. The number of hydrogen-bond donors (Lipinski definition) is 1. The van der Waals surface area contributed by atoms with Gasteiger partial charge in [0.15, 0.2) is 0 Å². The average molecular weight is 201 g/mol. The van der Waals surface area contributed by atoms with Gasteiger partial charge in [-0.2, -0.15) is 0 Å². The quantitative estimate of drug-likeness (QED) is 0.363. The standard InChI is InChI=1S/C10H19NO3/c1-9(2)7-14-10(13)5-3-4-6-11-8-12/h8-9H,3-7H2,1-2H3,(H,11,12). The molecule has 0 spiro atoms. The minimum Gasteiger partial charge on any atom is -0.465 e. The first-order valence-electron chi connectivity index (χ1n) is 4.99. The summed E-state index contributed by atoms with van der Waals surface area (Å²) in [4.78, 5) is 20.9. The fourth-order valence-corrected chi connectivity index (χ4v) is 0.887. The highest BCUT2D eigenvalue weighted by Crippen LogP contribution is 1.99. The van der Waals surface area contributed by atoms with Gasteiger partial charge in [-0.15, -0.1) is 0 Å². The third-order valence-electron chi connectivity index (χ3n) is 1.61. The van der Waals surface area contributed by atoms with Crippen LogP contribution in [0.15, 0.2) is 0 Å². The third-order valence-corrected chi connectivity index (χ3v) is 1.61. The summed E-state index contributed by atoms with van der Waals surface area (Å²) in [6.45, 7) is 5.12. The largest absolute Gasteiger partial charge is 0.465 e. The van der Waals surface area contributed by atoms with E-state index in [0.717, 1.165) is 12.8 Å². The van der Waals surface area contributed by atoms with E-state index in [1.165, 1.54) is 0 Å². The van der Waals surface area contributed by atoms with E-state index >= 15 is 0 Å². The predicted molar refractivity (Wildman–Crippen MR) is 53.7 cm³/mol. The Bertz CT molecular complexity index is 169. The van der Waals surface area contributed by atoms with E-state index in [0.29, 0.717) is 31.9 Å². The molecule has 0 unspecified atom stereocenters. The summed E-state index contributed by atoms with van der Waals surface area (Å²) in [5, 5.41) is 2.54. The van der Waals surface area contributed by atoms with Gasteiger partial charge < -0.3 is 10.1 Å². The molecule has 0 aromatic heterocycles. The van der Waals surface area contributed by atoms with Crippen molar-refractivity contribution in [3.05, 3.63) is 0 Å². The smallest absolute Gasteiger partial charge is 0.305 e. The molecule has 0 rings (SSSR count). The summed E-state index contributed by atoms with van der Waals surface area (Å²) in [5.41, 5.74) is 0. The molecule has 0 aromatic rings. The van der Waals surface area contributed by atoms with E-state index in [4.69, 9.17) is 4.74 Å². The summed E-state index contributed by atoms with van der Waals surface area (Å²) in [7, 11) is 0. The highest BCUT2D eigenvalue weighted by molar-refractivity contribution is 5.69. The molecule has 0 saturated carbocycles. The molecule has 0 aromatic carbocycles. The van der Waals surface area contributed by atoms with Crippen LogP contribution in [0.4, 0.5) is 0 Å². The summed E-state index contributed by atoms with van der Waals surface area (Å²) in [6, 6.07) is 0. The molecule has 1 N–H and O–H groups in total. The average Bonchev–Trinajstić information content (AvgIpc) is 2.14. The molecule has 0 aliphatic rings. The molecule has 4 nitrogen and oxygen atoms in total. The fourth-order valence-electron chi connectivity index (χ4n) is 0.887. The molecule has 1 amide bonds. The molecule has 0 saturated heterocycles. The summed E-state index contributed by atoms with van der Waals surface area (Å²) in [6.07, 6.45) is 2.68. The number of rotatable bonds is 8. The second-order valence-corrected chi connectivity index (χ2v) is 3.61. The first kappa shape index (κ1) is 12.9. The SMILES string of the molecule is CC(C)COC(=O)CCCCNC=O. The van der Waals surface area contributed by atoms with Crippen molar-refractivity contribution in [1.29, 1.82) is 0 Å². The van der Waals surface area contributed by atoms with Gasteiger partial charge in [-0.3, -0.25) is 9.59 Å². The van der Waals surface area contributed by atoms with Crippen molar-refractivity contribution in [3.63, 3.8) is 0 Å². The van der Waals surface area contributed by atoms with Crippen LogP contribution in [0, 0.1) is 5.92 Å². The van der Waals surface area contributed by atoms with Crippen LogP contribution in [-0.4, -0.2) is 25.5 Å². The minimum absolute atomic E-state index is 0.148. The lowest BCUT2D eigenvalue weighted by molar-refractivity contribution is -0.144. The van der Waals surface area contributed by atoms with Gasteiger partial charge in [0.2, 0.25) is 6.41 Å². The molecular weight excluding hydrogens is 182 g/mol. The van der Waals surface area contributed by atoms with Gasteiger partial charge >= 0.3 is 5.97 Å². The molecule has 0 aliphatic carbocycles. The number of esters is 1. The lowest BCUT2D eigenvalue weighted by atomic mass is 10.2. The van der Waals surface area contributed by atoms with Crippen LogP contribution < -0.4 is 5.32 Å². The van der Waals surface area contributed by atoms with Crippen LogP contribution >= 0.6 is 0 Å². The van der Waals surface area contributed by atoms with E-state index in [2.05, 4.69) is 5.32 Å². The van der Waals surface area contributed by atoms with Crippen LogP contribution in [0.1, 0.15) is 33.1 Å². The zero-order chi connectivity index (χ0) is 10.8. The van der Waals surface area contributed by atoms with Crippen molar-refractivity contribution >= 4 is 12.4 Å². The van der Waals surface area contributed by atoms with Gasteiger partial charge in [0, 0.05) is 13.0 Å². The maximum atomic E-state index is 11.1. The Morgan fingerprint density at radius 1 is 1.43 bits per heavy atom. The Kier molecular flexibility index (Phi) is 7.89. The predicted octanol–water partition coefficient (Wildman–Crippen LogP) is 1.10. The van der Waals surface area contributed by atoms with Gasteiger partial charge in [0.1, 0.15) is 0 Å². The first-order chi connectivity index (χ1) is 6.66. The Morgan fingerprint density at radius 3 is 2.71 bits per heavy atom. The van der Waals surface area contributed by atoms with Crippen LogP contribution in [0.25, 0.3) is 0 Å². The third kappa shape index (κ3) is 9.03. The molecule has 14 heavy (non-hydrogen) atoms. The van der Waals surface area contributed by atoms with Crippen LogP contribution in [-0.2, 0) is 14.3 Å².